The fourth-order valence-electron chi connectivity index (χ4n) is 5.21. The van der Waals surface area contributed by atoms with Crippen LogP contribution in [0.25, 0.3) is 0 Å². The molecule has 8 heteroatoms. The summed E-state index contributed by atoms with van der Waals surface area (Å²) in [5.41, 5.74) is 3.70. The fourth-order valence-corrected chi connectivity index (χ4v) is 5.21. The lowest BCUT2D eigenvalue weighted by atomic mass is 9.86. The fraction of sp³-hybridized carbons (Fsp3) is 0.444. The smallest absolute Gasteiger partial charge is 0.410 e. The lowest BCUT2D eigenvalue weighted by Gasteiger charge is -2.45. The monoisotopic (exact) mass is 480 g/mol. The minimum Gasteiger partial charge on any atom is -0.481 e. The Hall–Kier alpha value is -3.39. The van der Waals surface area contributed by atoms with Gasteiger partial charge in [0.05, 0.1) is 18.9 Å². The molecule has 0 aliphatic carbocycles. The molecule has 0 aromatic heterocycles. The highest BCUT2D eigenvalue weighted by Crippen LogP contribution is 2.36. The van der Waals surface area contributed by atoms with Gasteiger partial charge >= 0.3 is 18.0 Å². The predicted octanol–water partition coefficient (Wildman–Crippen LogP) is 3.80. The van der Waals surface area contributed by atoms with Crippen LogP contribution in [0.3, 0.4) is 0 Å². The van der Waals surface area contributed by atoms with Crippen molar-refractivity contribution in [1.82, 2.24) is 9.80 Å². The van der Waals surface area contributed by atoms with Gasteiger partial charge in [-0.3, -0.25) is 19.4 Å². The molecule has 2 atom stereocenters. The summed E-state index contributed by atoms with van der Waals surface area (Å²) in [6.07, 6.45) is 2.50. The first-order valence-corrected chi connectivity index (χ1v) is 12.2. The molecule has 0 saturated carbocycles. The summed E-state index contributed by atoms with van der Waals surface area (Å²) in [5, 5.41) is 15.8. The molecule has 0 unspecified atom stereocenters. The number of ether oxygens (including phenoxy) is 1. The zero-order valence-corrected chi connectivity index (χ0v) is 19.7. The van der Waals surface area contributed by atoms with E-state index in [9.17, 15) is 14.4 Å². The maximum absolute atomic E-state index is 13.2. The summed E-state index contributed by atoms with van der Waals surface area (Å²) in [7, 11) is 0. The zero-order chi connectivity index (χ0) is 24.8. The van der Waals surface area contributed by atoms with Crippen LogP contribution < -0.4 is 0 Å². The average Bonchev–Trinajstić information content (AvgIpc) is 2.88. The highest BCUT2D eigenvalue weighted by Gasteiger charge is 2.39. The van der Waals surface area contributed by atoms with E-state index in [1.54, 1.807) is 0 Å². The van der Waals surface area contributed by atoms with E-state index in [0.29, 0.717) is 12.5 Å². The van der Waals surface area contributed by atoms with Crippen LogP contribution in [-0.2, 0) is 20.7 Å². The number of carboxylic acid groups (broad SMARTS) is 2. The quantitative estimate of drug-likeness (QED) is 0.670. The highest BCUT2D eigenvalue weighted by molar-refractivity contribution is 5.75. The highest BCUT2D eigenvalue weighted by atomic mass is 16.6. The molecule has 2 N–H and O–H groups in total. The van der Waals surface area contributed by atoms with E-state index >= 15 is 0 Å². The molecule has 4 aliphatic heterocycles. The minimum atomic E-state index is -1.08. The Morgan fingerprint density at radius 2 is 1.49 bits per heavy atom. The zero-order valence-electron chi connectivity index (χ0n) is 19.7. The number of carbonyl (C=O) groups excluding carboxylic acids is 1. The summed E-state index contributed by atoms with van der Waals surface area (Å²) in [5.74, 6) is -1.62. The number of piperidine rings is 3. The summed E-state index contributed by atoms with van der Waals surface area (Å²) in [6.45, 7) is 3.91. The summed E-state index contributed by atoms with van der Waals surface area (Å²) >= 11 is 0. The molecule has 4 aliphatic rings. The van der Waals surface area contributed by atoms with E-state index in [1.165, 1.54) is 11.1 Å². The first-order chi connectivity index (χ1) is 16.9. The number of carbonyl (C=O) groups is 3. The maximum Gasteiger partial charge on any atom is 0.410 e. The van der Waals surface area contributed by atoms with Crippen LogP contribution in [0.4, 0.5) is 4.79 Å². The molecule has 2 aromatic rings. The molecule has 2 bridgehead atoms. The van der Waals surface area contributed by atoms with Crippen molar-refractivity contribution in [3.8, 4) is 0 Å². The number of carboxylic acids is 2. The lowest BCUT2D eigenvalue weighted by molar-refractivity contribution is -0.143. The van der Waals surface area contributed by atoms with Crippen LogP contribution in [0.5, 0.6) is 0 Å². The van der Waals surface area contributed by atoms with E-state index in [-0.39, 0.29) is 31.1 Å². The van der Waals surface area contributed by atoms with Gasteiger partial charge in [-0.2, -0.15) is 0 Å². The van der Waals surface area contributed by atoms with Crippen LogP contribution >= 0.6 is 0 Å². The Balaban J connectivity index is 0.000000314. The number of benzene rings is 2. The molecule has 3 fully saturated rings. The molecular weight excluding hydrogens is 448 g/mol. The number of aliphatic carboxylic acids is 2. The molecular formula is C27H32N2O6. The molecule has 8 nitrogen and oxygen atoms in total. The molecule has 35 heavy (non-hydrogen) atoms. The Labute approximate surface area is 205 Å². The van der Waals surface area contributed by atoms with Crippen molar-refractivity contribution >= 4 is 18.0 Å². The first kappa shape index (κ1) is 24.7. The van der Waals surface area contributed by atoms with Crippen LogP contribution in [-0.4, -0.2) is 70.3 Å². The van der Waals surface area contributed by atoms with Crippen LogP contribution in [0.2, 0.25) is 0 Å². The first-order valence-electron chi connectivity index (χ1n) is 12.2. The van der Waals surface area contributed by atoms with Gasteiger partial charge in [0.1, 0.15) is 6.10 Å². The minimum absolute atomic E-state index is 0.0496. The molecule has 3 saturated heterocycles. The Kier molecular flexibility index (Phi) is 8.02. The van der Waals surface area contributed by atoms with Crippen molar-refractivity contribution in [2.75, 3.05) is 26.2 Å². The number of hydrogen-bond acceptors (Lipinski definition) is 5. The van der Waals surface area contributed by atoms with E-state index in [1.807, 2.05) is 23.1 Å². The van der Waals surface area contributed by atoms with Crippen molar-refractivity contribution in [2.24, 2.45) is 5.92 Å². The van der Waals surface area contributed by atoms with Crippen molar-refractivity contribution in [3.05, 3.63) is 71.3 Å². The second-order valence-electron chi connectivity index (χ2n) is 9.30. The number of hydrogen-bond donors (Lipinski definition) is 2. The summed E-state index contributed by atoms with van der Waals surface area (Å²) < 4.78 is 6.08. The predicted molar refractivity (Wildman–Crippen MR) is 129 cm³/mol. The molecule has 186 valence electrons. The third kappa shape index (κ3) is 6.19. The summed E-state index contributed by atoms with van der Waals surface area (Å²) in [4.78, 5) is 36.9. The molecule has 1 amide bonds. The van der Waals surface area contributed by atoms with E-state index < -0.39 is 11.9 Å². The third-order valence-electron chi connectivity index (χ3n) is 7.03. The average molecular weight is 481 g/mol. The van der Waals surface area contributed by atoms with E-state index in [0.717, 1.165) is 44.5 Å². The van der Waals surface area contributed by atoms with Crippen molar-refractivity contribution in [2.45, 2.75) is 44.2 Å². The van der Waals surface area contributed by atoms with Gasteiger partial charge in [-0.25, -0.2) is 4.79 Å². The SMILES string of the molecule is O=C(O)CCC(=O)O.O=C(O[C@H]1CN2CCC1CC2)N1CCc2ccccc2[C@H]1c1ccccc1. The van der Waals surface area contributed by atoms with Crippen LogP contribution in [0, 0.1) is 5.92 Å². The molecule has 0 spiro atoms. The topological polar surface area (TPSA) is 107 Å². The summed E-state index contributed by atoms with van der Waals surface area (Å²) in [6, 6.07) is 18.8. The van der Waals surface area contributed by atoms with Crippen molar-refractivity contribution in [1.29, 1.82) is 0 Å². The normalized spacial score (nSPS) is 24.5. The van der Waals surface area contributed by atoms with Gasteiger partial charge in [0.15, 0.2) is 0 Å². The van der Waals surface area contributed by atoms with Gasteiger partial charge in [0.25, 0.3) is 0 Å². The number of amides is 1. The Bertz CT molecular complexity index is 1020. The van der Waals surface area contributed by atoms with Crippen LogP contribution in [0.15, 0.2) is 54.6 Å². The number of nitrogens with zero attached hydrogens (tertiary/aromatic N) is 2. The van der Waals surface area contributed by atoms with Gasteiger partial charge < -0.3 is 14.9 Å². The van der Waals surface area contributed by atoms with Crippen molar-refractivity contribution < 1.29 is 29.3 Å². The van der Waals surface area contributed by atoms with Gasteiger partial charge in [-0.05, 0) is 55.0 Å². The number of fused-ring (bicyclic) bond motifs is 4. The van der Waals surface area contributed by atoms with Gasteiger partial charge in [-0.1, -0.05) is 54.6 Å². The van der Waals surface area contributed by atoms with Gasteiger partial charge in [0.2, 0.25) is 0 Å². The standard InChI is InChI=1S/C23H26N2O2.C4H6O4/c26-23(27-21-16-24-13-10-18(21)11-14-24)25-15-12-17-6-4-5-9-20(17)22(25)19-7-2-1-3-8-19;5-3(6)1-2-4(7)8/h1-9,18,21-22H,10-16H2;1-2H2,(H,5,6)(H,7,8)/t21-,22+;/m0./s1. The molecule has 4 heterocycles. The second kappa shape index (κ2) is 11.4. The van der Waals surface area contributed by atoms with E-state index in [2.05, 4.69) is 41.3 Å². The second-order valence-corrected chi connectivity index (χ2v) is 9.30. The largest absolute Gasteiger partial charge is 0.481 e. The molecule has 6 rings (SSSR count). The van der Waals surface area contributed by atoms with E-state index in [4.69, 9.17) is 14.9 Å². The Morgan fingerprint density at radius 1 is 0.857 bits per heavy atom. The van der Waals surface area contributed by atoms with Crippen molar-refractivity contribution in [3.63, 3.8) is 0 Å². The van der Waals surface area contributed by atoms with Gasteiger partial charge in [-0.15, -0.1) is 0 Å². The molecule has 2 aromatic carbocycles. The number of rotatable bonds is 5. The van der Waals surface area contributed by atoms with Crippen LogP contribution in [0.1, 0.15) is 48.4 Å². The Morgan fingerprint density at radius 3 is 2.09 bits per heavy atom. The third-order valence-corrected chi connectivity index (χ3v) is 7.03. The maximum atomic E-state index is 13.2. The lowest BCUT2D eigenvalue weighted by Crippen LogP contribution is -2.53. The van der Waals surface area contributed by atoms with Gasteiger partial charge in [0, 0.05) is 13.1 Å². The molecule has 0 radical (unpaired) electrons.